The predicted octanol–water partition coefficient (Wildman–Crippen LogP) is 3.30. The molecule has 0 fully saturated rings. The molecular formula is C16H21N3O2S. The van der Waals surface area contributed by atoms with Crippen molar-refractivity contribution in [2.45, 2.75) is 39.0 Å². The van der Waals surface area contributed by atoms with E-state index in [1.165, 1.54) is 11.8 Å². The Morgan fingerprint density at radius 2 is 2.00 bits per heavy atom. The van der Waals surface area contributed by atoms with Crippen molar-refractivity contribution in [1.82, 2.24) is 15.5 Å². The minimum atomic E-state index is -0.0261. The Morgan fingerprint density at radius 1 is 1.27 bits per heavy atom. The number of carbonyl (C=O) groups is 1. The Morgan fingerprint density at radius 3 is 2.68 bits per heavy atom. The normalized spacial score (nSPS) is 12.4. The number of benzene rings is 1. The Hall–Kier alpha value is -1.82. The van der Waals surface area contributed by atoms with Crippen molar-refractivity contribution in [1.29, 1.82) is 0 Å². The third-order valence-electron chi connectivity index (χ3n) is 3.50. The van der Waals surface area contributed by atoms with Gasteiger partial charge in [0, 0.05) is 11.6 Å². The highest BCUT2D eigenvalue weighted by molar-refractivity contribution is 7.99. The van der Waals surface area contributed by atoms with Crippen molar-refractivity contribution >= 4 is 17.7 Å². The van der Waals surface area contributed by atoms with Crippen LogP contribution in [0.15, 0.2) is 33.9 Å². The molecule has 1 heterocycles. The fraction of sp³-hybridized carbons (Fsp3) is 0.438. The fourth-order valence-electron chi connectivity index (χ4n) is 1.78. The fourth-order valence-corrected chi connectivity index (χ4v) is 2.35. The third-order valence-corrected chi connectivity index (χ3v) is 4.32. The standard InChI is InChI=1S/C16H21N3O2S/c1-10(2)12(4)17-14(20)9-22-16-19-18-15(21-16)13-8-6-5-7-11(13)3/h5-8,10,12H,9H2,1-4H3,(H,17,20)/t12-/m0/s1. The molecule has 0 aliphatic rings. The van der Waals surface area contributed by atoms with Crippen LogP contribution in [-0.2, 0) is 4.79 Å². The van der Waals surface area contributed by atoms with Crippen LogP contribution in [0.1, 0.15) is 26.3 Å². The number of nitrogens with one attached hydrogen (secondary N) is 1. The van der Waals surface area contributed by atoms with E-state index in [9.17, 15) is 4.79 Å². The van der Waals surface area contributed by atoms with Gasteiger partial charge in [-0.3, -0.25) is 4.79 Å². The maximum absolute atomic E-state index is 11.8. The average molecular weight is 319 g/mol. The van der Waals surface area contributed by atoms with E-state index >= 15 is 0 Å². The zero-order valence-electron chi connectivity index (χ0n) is 13.3. The molecule has 0 spiro atoms. The first-order valence-corrected chi connectivity index (χ1v) is 8.27. The molecule has 1 N–H and O–H groups in total. The van der Waals surface area contributed by atoms with E-state index in [4.69, 9.17) is 4.42 Å². The highest BCUT2D eigenvalue weighted by Crippen LogP contribution is 2.25. The molecule has 5 nitrogen and oxygen atoms in total. The van der Waals surface area contributed by atoms with Crippen molar-refractivity contribution < 1.29 is 9.21 Å². The Kier molecular flexibility index (Phi) is 5.60. The van der Waals surface area contributed by atoms with Gasteiger partial charge in [-0.2, -0.15) is 0 Å². The van der Waals surface area contributed by atoms with Gasteiger partial charge in [-0.05, 0) is 31.4 Å². The van der Waals surface area contributed by atoms with Gasteiger partial charge in [-0.15, -0.1) is 10.2 Å². The lowest BCUT2D eigenvalue weighted by Gasteiger charge is -2.16. The van der Waals surface area contributed by atoms with Crippen LogP contribution in [-0.4, -0.2) is 27.9 Å². The lowest BCUT2D eigenvalue weighted by atomic mass is 10.1. The van der Waals surface area contributed by atoms with Gasteiger partial charge in [0.1, 0.15) is 0 Å². The summed E-state index contributed by atoms with van der Waals surface area (Å²) in [5, 5.41) is 11.4. The SMILES string of the molecule is Cc1ccccc1-c1nnc(SCC(=O)N[C@@H](C)C(C)C)o1. The lowest BCUT2D eigenvalue weighted by molar-refractivity contribution is -0.119. The first-order valence-electron chi connectivity index (χ1n) is 7.29. The molecule has 0 unspecified atom stereocenters. The molecule has 22 heavy (non-hydrogen) atoms. The first kappa shape index (κ1) is 16.5. The summed E-state index contributed by atoms with van der Waals surface area (Å²) >= 11 is 1.25. The number of hydrogen-bond donors (Lipinski definition) is 1. The number of nitrogens with zero attached hydrogens (tertiary/aromatic N) is 2. The van der Waals surface area contributed by atoms with Crippen LogP contribution in [0.2, 0.25) is 0 Å². The number of aromatic nitrogens is 2. The third kappa shape index (κ3) is 4.34. The highest BCUT2D eigenvalue weighted by Gasteiger charge is 2.14. The predicted molar refractivity (Wildman–Crippen MR) is 87.6 cm³/mol. The number of aryl methyl sites for hydroxylation is 1. The van der Waals surface area contributed by atoms with Crippen LogP contribution in [0.4, 0.5) is 0 Å². The summed E-state index contributed by atoms with van der Waals surface area (Å²) < 4.78 is 5.61. The van der Waals surface area contributed by atoms with Crippen molar-refractivity contribution in [3.8, 4) is 11.5 Å². The van der Waals surface area contributed by atoms with Gasteiger partial charge >= 0.3 is 0 Å². The second-order valence-corrected chi connectivity index (χ2v) is 6.50. The molecule has 0 bridgehead atoms. The maximum Gasteiger partial charge on any atom is 0.277 e. The lowest BCUT2D eigenvalue weighted by Crippen LogP contribution is -2.37. The maximum atomic E-state index is 11.8. The van der Waals surface area contributed by atoms with Crippen molar-refractivity contribution in [3.05, 3.63) is 29.8 Å². The number of carbonyl (C=O) groups excluding carboxylic acids is 1. The summed E-state index contributed by atoms with van der Waals surface area (Å²) in [7, 11) is 0. The minimum absolute atomic E-state index is 0.0261. The number of amides is 1. The molecule has 2 rings (SSSR count). The van der Waals surface area contributed by atoms with Gasteiger partial charge in [-0.25, -0.2) is 0 Å². The zero-order valence-corrected chi connectivity index (χ0v) is 14.1. The van der Waals surface area contributed by atoms with E-state index in [0.717, 1.165) is 11.1 Å². The second kappa shape index (κ2) is 7.45. The summed E-state index contributed by atoms with van der Waals surface area (Å²) in [6, 6.07) is 7.98. The van der Waals surface area contributed by atoms with Gasteiger partial charge < -0.3 is 9.73 Å². The molecule has 0 radical (unpaired) electrons. The molecule has 0 aliphatic heterocycles. The van der Waals surface area contributed by atoms with Crippen LogP contribution in [0, 0.1) is 12.8 Å². The van der Waals surface area contributed by atoms with Crippen molar-refractivity contribution in [2.24, 2.45) is 5.92 Å². The molecule has 0 saturated heterocycles. The van der Waals surface area contributed by atoms with Crippen LogP contribution >= 0.6 is 11.8 Å². The van der Waals surface area contributed by atoms with E-state index in [1.807, 2.05) is 38.1 Å². The van der Waals surface area contributed by atoms with E-state index in [1.54, 1.807) is 0 Å². The van der Waals surface area contributed by atoms with Gasteiger partial charge in [0.25, 0.3) is 5.22 Å². The molecule has 2 aromatic rings. The number of rotatable bonds is 6. The molecule has 0 saturated carbocycles. The van der Waals surface area contributed by atoms with Gasteiger partial charge in [0.15, 0.2) is 0 Å². The van der Waals surface area contributed by atoms with Crippen LogP contribution in [0.5, 0.6) is 0 Å². The quantitative estimate of drug-likeness (QED) is 0.827. The summed E-state index contributed by atoms with van der Waals surface area (Å²) in [6.07, 6.45) is 0. The summed E-state index contributed by atoms with van der Waals surface area (Å²) in [5.74, 6) is 1.13. The smallest absolute Gasteiger partial charge is 0.277 e. The molecule has 6 heteroatoms. The molecular weight excluding hydrogens is 298 g/mol. The molecule has 1 aromatic carbocycles. The monoisotopic (exact) mass is 319 g/mol. The van der Waals surface area contributed by atoms with E-state index in [-0.39, 0.29) is 17.7 Å². The van der Waals surface area contributed by atoms with Crippen molar-refractivity contribution in [3.63, 3.8) is 0 Å². The molecule has 118 valence electrons. The first-order chi connectivity index (χ1) is 10.5. The Bertz CT molecular complexity index is 640. The highest BCUT2D eigenvalue weighted by atomic mass is 32.2. The number of thioether (sulfide) groups is 1. The topological polar surface area (TPSA) is 68.0 Å². The summed E-state index contributed by atoms with van der Waals surface area (Å²) in [5.41, 5.74) is 1.99. The number of hydrogen-bond acceptors (Lipinski definition) is 5. The van der Waals surface area contributed by atoms with E-state index in [2.05, 4.69) is 29.4 Å². The molecule has 0 aliphatic carbocycles. The minimum Gasteiger partial charge on any atom is -0.411 e. The van der Waals surface area contributed by atoms with Crippen LogP contribution < -0.4 is 5.32 Å². The summed E-state index contributed by atoms with van der Waals surface area (Å²) in [6.45, 7) is 8.14. The average Bonchev–Trinajstić information content (AvgIpc) is 2.94. The van der Waals surface area contributed by atoms with Gasteiger partial charge in [0.05, 0.1) is 5.75 Å². The Labute approximate surface area is 134 Å². The molecule has 1 amide bonds. The largest absolute Gasteiger partial charge is 0.411 e. The van der Waals surface area contributed by atoms with Crippen LogP contribution in [0.25, 0.3) is 11.5 Å². The van der Waals surface area contributed by atoms with Gasteiger partial charge in [-0.1, -0.05) is 43.8 Å². The van der Waals surface area contributed by atoms with E-state index < -0.39 is 0 Å². The zero-order chi connectivity index (χ0) is 16.1. The second-order valence-electron chi connectivity index (χ2n) is 5.58. The Balaban J connectivity index is 1.93. The van der Waals surface area contributed by atoms with E-state index in [0.29, 0.717) is 17.0 Å². The van der Waals surface area contributed by atoms with Gasteiger partial charge in [0.2, 0.25) is 11.8 Å². The van der Waals surface area contributed by atoms with Crippen LogP contribution in [0.3, 0.4) is 0 Å². The summed E-state index contributed by atoms with van der Waals surface area (Å²) in [4.78, 5) is 11.8. The van der Waals surface area contributed by atoms with Crippen molar-refractivity contribution in [2.75, 3.05) is 5.75 Å². The molecule has 1 atom stereocenters. The molecule has 1 aromatic heterocycles.